The van der Waals surface area contributed by atoms with E-state index in [2.05, 4.69) is 36.1 Å². The van der Waals surface area contributed by atoms with E-state index in [0.717, 1.165) is 5.56 Å². The third-order valence-electron chi connectivity index (χ3n) is 2.76. The fraction of sp³-hybridized carbons (Fsp3) is 0.500. The molecule has 0 fully saturated rings. The highest BCUT2D eigenvalue weighted by Gasteiger charge is 2.20. The molecule has 0 heterocycles. The van der Waals surface area contributed by atoms with Gasteiger partial charge in [-0.15, -0.1) is 0 Å². The number of hydrogen-bond donors (Lipinski definition) is 1. The third-order valence-corrected chi connectivity index (χ3v) is 2.76. The van der Waals surface area contributed by atoms with E-state index in [0.29, 0.717) is 25.1 Å². The molecule has 5 nitrogen and oxygen atoms in total. The van der Waals surface area contributed by atoms with E-state index < -0.39 is 0 Å². The van der Waals surface area contributed by atoms with Gasteiger partial charge in [-0.3, -0.25) is 4.79 Å². The summed E-state index contributed by atoms with van der Waals surface area (Å²) in [5, 5.41) is 6.28. The highest BCUT2D eigenvalue weighted by atomic mass is 16.1. The molecule has 0 bridgehead atoms. The average Bonchev–Trinajstić information content (AvgIpc) is 2.37. The van der Waals surface area contributed by atoms with Crippen LogP contribution in [0.25, 0.3) is 10.4 Å². The number of carbonyl (C=O) groups is 1. The Bertz CT molecular complexity index is 484. The van der Waals surface area contributed by atoms with E-state index in [1.807, 2.05) is 24.3 Å². The van der Waals surface area contributed by atoms with Crippen molar-refractivity contribution in [3.8, 4) is 0 Å². The topological polar surface area (TPSA) is 77.9 Å². The van der Waals surface area contributed by atoms with Crippen molar-refractivity contribution in [3.05, 3.63) is 45.8 Å². The second kappa shape index (κ2) is 6.81. The molecule has 1 aromatic rings. The van der Waals surface area contributed by atoms with Crippen molar-refractivity contribution >= 4 is 5.91 Å². The van der Waals surface area contributed by atoms with Gasteiger partial charge in [0, 0.05) is 23.6 Å². The molecule has 0 aromatic heterocycles. The van der Waals surface area contributed by atoms with Gasteiger partial charge >= 0.3 is 0 Å². The summed E-state index contributed by atoms with van der Waals surface area (Å²) in [7, 11) is 0. The monoisotopic (exact) mass is 260 g/mol. The molecule has 0 radical (unpaired) electrons. The summed E-state index contributed by atoms with van der Waals surface area (Å²) < 4.78 is 0. The lowest BCUT2D eigenvalue weighted by Gasteiger charge is -2.22. The zero-order valence-electron chi connectivity index (χ0n) is 11.7. The van der Waals surface area contributed by atoms with Crippen molar-refractivity contribution in [1.29, 1.82) is 0 Å². The van der Waals surface area contributed by atoms with Gasteiger partial charge in [-0.25, -0.2) is 0 Å². The number of rotatable bonds is 5. The van der Waals surface area contributed by atoms with Crippen LogP contribution >= 0.6 is 0 Å². The maximum Gasteiger partial charge on any atom is 0.251 e. The lowest BCUT2D eigenvalue weighted by atomic mass is 9.83. The number of hydrogen-bond acceptors (Lipinski definition) is 2. The number of azide groups is 1. The largest absolute Gasteiger partial charge is 0.352 e. The lowest BCUT2D eigenvalue weighted by molar-refractivity contribution is 0.0951. The van der Waals surface area contributed by atoms with Crippen molar-refractivity contribution in [2.24, 2.45) is 5.11 Å². The number of benzene rings is 1. The minimum absolute atomic E-state index is 0.0704. The van der Waals surface area contributed by atoms with Crippen LogP contribution in [0, 0.1) is 0 Å². The molecule has 5 heteroatoms. The van der Waals surface area contributed by atoms with Crippen molar-refractivity contribution in [3.63, 3.8) is 0 Å². The lowest BCUT2D eigenvalue weighted by Crippen LogP contribution is -2.28. The average molecular weight is 260 g/mol. The van der Waals surface area contributed by atoms with E-state index in [9.17, 15) is 4.79 Å². The summed E-state index contributed by atoms with van der Waals surface area (Å²) in [6.07, 6.45) is 0.646. The first kappa shape index (κ1) is 15.1. The predicted molar refractivity (Wildman–Crippen MR) is 76.1 cm³/mol. The molecule has 1 N–H and O–H groups in total. The smallest absolute Gasteiger partial charge is 0.251 e. The van der Waals surface area contributed by atoms with Gasteiger partial charge in [-0.2, -0.15) is 0 Å². The van der Waals surface area contributed by atoms with E-state index in [1.165, 1.54) is 0 Å². The molecule has 0 saturated heterocycles. The first-order valence-corrected chi connectivity index (χ1v) is 6.35. The summed E-state index contributed by atoms with van der Waals surface area (Å²) in [6, 6.07) is 7.63. The quantitative estimate of drug-likeness (QED) is 0.374. The number of carbonyl (C=O) groups excluding carboxylic acids is 1. The van der Waals surface area contributed by atoms with Gasteiger partial charge in [0.2, 0.25) is 0 Å². The van der Waals surface area contributed by atoms with Gasteiger partial charge < -0.3 is 5.32 Å². The Balaban J connectivity index is 2.69. The van der Waals surface area contributed by atoms with Gasteiger partial charge in [0.15, 0.2) is 0 Å². The van der Waals surface area contributed by atoms with Crippen molar-refractivity contribution in [2.45, 2.75) is 32.6 Å². The predicted octanol–water partition coefficient (Wildman–Crippen LogP) is 3.41. The second-order valence-electron chi connectivity index (χ2n) is 5.36. The number of amides is 1. The fourth-order valence-corrected chi connectivity index (χ4v) is 1.83. The Kier molecular flexibility index (Phi) is 5.39. The van der Waals surface area contributed by atoms with Crippen molar-refractivity contribution in [1.82, 2.24) is 5.32 Å². The van der Waals surface area contributed by atoms with Crippen LogP contribution in [0.1, 0.15) is 43.1 Å². The summed E-state index contributed by atoms with van der Waals surface area (Å²) >= 11 is 0. The molecule has 0 unspecified atom stereocenters. The molecule has 0 aliphatic heterocycles. The first-order chi connectivity index (χ1) is 8.96. The Labute approximate surface area is 113 Å². The van der Waals surface area contributed by atoms with Crippen LogP contribution in [-0.2, 0) is 5.41 Å². The highest BCUT2D eigenvalue weighted by molar-refractivity contribution is 5.96. The molecular formula is C14H20N4O. The van der Waals surface area contributed by atoms with Crippen LogP contribution in [0.15, 0.2) is 29.4 Å². The van der Waals surface area contributed by atoms with Crippen LogP contribution in [0.5, 0.6) is 0 Å². The maximum atomic E-state index is 12.1. The SMILES string of the molecule is CC(C)(C)c1ccccc1C(=O)NCCCN=[N+]=[N-]. The van der Waals surface area contributed by atoms with Crippen molar-refractivity contribution < 1.29 is 4.79 Å². The molecule has 102 valence electrons. The van der Waals surface area contributed by atoms with Crippen LogP contribution in [0.4, 0.5) is 0 Å². The number of nitrogens with zero attached hydrogens (tertiary/aromatic N) is 3. The molecule has 1 rings (SSSR count). The molecule has 1 amide bonds. The number of nitrogens with one attached hydrogen (secondary N) is 1. The van der Waals surface area contributed by atoms with Crippen LogP contribution in [-0.4, -0.2) is 19.0 Å². The van der Waals surface area contributed by atoms with Crippen LogP contribution < -0.4 is 5.32 Å². The minimum Gasteiger partial charge on any atom is -0.352 e. The minimum atomic E-state index is -0.0773. The molecule has 0 saturated carbocycles. The molecule has 1 aromatic carbocycles. The molecule has 19 heavy (non-hydrogen) atoms. The van der Waals surface area contributed by atoms with Crippen LogP contribution in [0.2, 0.25) is 0 Å². The summed E-state index contributed by atoms with van der Waals surface area (Å²) in [5.41, 5.74) is 9.82. The van der Waals surface area contributed by atoms with Gasteiger partial charge in [-0.05, 0) is 29.0 Å². The molecule has 0 aliphatic carbocycles. The molecule has 0 spiro atoms. The van der Waals surface area contributed by atoms with Gasteiger partial charge in [0.05, 0.1) is 0 Å². The maximum absolute atomic E-state index is 12.1. The van der Waals surface area contributed by atoms with Crippen LogP contribution in [0.3, 0.4) is 0 Å². The standard InChI is InChI=1S/C14H20N4O/c1-14(2,3)12-8-5-4-7-11(12)13(19)16-9-6-10-17-18-15/h4-5,7-8H,6,9-10H2,1-3H3,(H,16,19). The normalized spacial score (nSPS) is 10.7. The van der Waals surface area contributed by atoms with Gasteiger partial charge in [0.25, 0.3) is 5.91 Å². The Hall–Kier alpha value is -2.00. The van der Waals surface area contributed by atoms with E-state index in [4.69, 9.17) is 5.53 Å². The fourth-order valence-electron chi connectivity index (χ4n) is 1.83. The zero-order chi connectivity index (χ0) is 14.3. The summed E-state index contributed by atoms with van der Waals surface area (Å²) in [4.78, 5) is 14.8. The Morgan fingerprint density at radius 1 is 1.37 bits per heavy atom. The molecular weight excluding hydrogens is 240 g/mol. The highest BCUT2D eigenvalue weighted by Crippen LogP contribution is 2.25. The van der Waals surface area contributed by atoms with Crippen molar-refractivity contribution in [2.75, 3.05) is 13.1 Å². The first-order valence-electron chi connectivity index (χ1n) is 6.35. The van der Waals surface area contributed by atoms with Gasteiger partial charge in [0.1, 0.15) is 0 Å². The molecule has 0 atom stereocenters. The van der Waals surface area contributed by atoms with E-state index in [-0.39, 0.29) is 11.3 Å². The van der Waals surface area contributed by atoms with E-state index >= 15 is 0 Å². The molecule has 0 aliphatic rings. The summed E-state index contributed by atoms with van der Waals surface area (Å²) in [6.45, 7) is 7.16. The Morgan fingerprint density at radius 3 is 2.68 bits per heavy atom. The third kappa shape index (κ3) is 4.64. The summed E-state index contributed by atoms with van der Waals surface area (Å²) in [5.74, 6) is -0.0773. The second-order valence-corrected chi connectivity index (χ2v) is 5.36. The van der Waals surface area contributed by atoms with Gasteiger partial charge in [-0.1, -0.05) is 44.1 Å². The Morgan fingerprint density at radius 2 is 2.05 bits per heavy atom. The zero-order valence-corrected chi connectivity index (χ0v) is 11.7. The van der Waals surface area contributed by atoms with E-state index in [1.54, 1.807) is 0 Å².